The van der Waals surface area contributed by atoms with E-state index in [-0.39, 0.29) is 0 Å². The van der Waals surface area contributed by atoms with Crippen molar-refractivity contribution in [2.45, 2.75) is 94.9 Å². The third-order valence-electron chi connectivity index (χ3n) is 6.99. The predicted octanol–water partition coefficient (Wildman–Crippen LogP) is 7.43. The first-order chi connectivity index (χ1) is 9.59. The van der Waals surface area contributed by atoms with Gasteiger partial charge in [0.05, 0.1) is 0 Å². The Bertz CT molecular complexity index is 263. The standard InChI is InChI=1S/C21H44/c1-11-13-20(12-2)18(7)16(5)14-17(6)21(9,10)19(8)15(3)4/h15-20H,11-14H2,1-10H3. The number of hydrogen-bond acceptors (Lipinski definition) is 0. The molecule has 0 amide bonds. The lowest BCUT2D eigenvalue weighted by Gasteiger charge is -2.42. The average molecular weight is 297 g/mol. The Hall–Kier alpha value is 0. The first kappa shape index (κ1) is 21.0. The van der Waals surface area contributed by atoms with Crippen LogP contribution in [0.25, 0.3) is 0 Å². The minimum Gasteiger partial charge on any atom is -0.0654 e. The molecule has 0 nitrogen and oxygen atoms in total. The lowest BCUT2D eigenvalue weighted by atomic mass is 9.63. The summed E-state index contributed by atoms with van der Waals surface area (Å²) in [5, 5.41) is 0. The van der Waals surface area contributed by atoms with Crippen LogP contribution in [-0.2, 0) is 0 Å². The largest absolute Gasteiger partial charge is 0.0654 e. The molecule has 0 rings (SSSR count). The average Bonchev–Trinajstić information content (AvgIpc) is 2.42. The minimum atomic E-state index is 0.439. The van der Waals surface area contributed by atoms with Gasteiger partial charge in [0, 0.05) is 0 Å². The lowest BCUT2D eigenvalue weighted by Crippen LogP contribution is -2.34. The summed E-state index contributed by atoms with van der Waals surface area (Å²) in [6.45, 7) is 24.4. The highest BCUT2D eigenvalue weighted by Crippen LogP contribution is 2.43. The zero-order valence-electron chi connectivity index (χ0n) is 16.8. The van der Waals surface area contributed by atoms with Gasteiger partial charge in [-0.15, -0.1) is 0 Å². The van der Waals surface area contributed by atoms with Crippen molar-refractivity contribution in [1.82, 2.24) is 0 Å². The van der Waals surface area contributed by atoms with Crippen molar-refractivity contribution in [3.05, 3.63) is 0 Å². The topological polar surface area (TPSA) is 0 Å². The van der Waals surface area contributed by atoms with Crippen LogP contribution in [0.1, 0.15) is 94.9 Å². The van der Waals surface area contributed by atoms with Crippen molar-refractivity contribution in [3.63, 3.8) is 0 Å². The Morgan fingerprint density at radius 1 is 0.857 bits per heavy atom. The molecule has 0 fully saturated rings. The van der Waals surface area contributed by atoms with Crippen molar-refractivity contribution < 1.29 is 0 Å². The van der Waals surface area contributed by atoms with E-state index in [1.807, 2.05) is 0 Å². The molecule has 0 spiro atoms. The molecule has 0 saturated heterocycles. The van der Waals surface area contributed by atoms with E-state index in [9.17, 15) is 0 Å². The highest BCUT2D eigenvalue weighted by molar-refractivity contribution is 4.84. The number of rotatable bonds is 10. The van der Waals surface area contributed by atoms with Crippen LogP contribution in [0.2, 0.25) is 0 Å². The fraction of sp³-hybridized carbons (Fsp3) is 1.00. The fourth-order valence-electron chi connectivity index (χ4n) is 4.06. The summed E-state index contributed by atoms with van der Waals surface area (Å²) in [6.07, 6.45) is 5.47. The van der Waals surface area contributed by atoms with E-state index < -0.39 is 0 Å². The summed E-state index contributed by atoms with van der Waals surface area (Å²) in [4.78, 5) is 0. The Kier molecular flexibility index (Phi) is 9.21. The van der Waals surface area contributed by atoms with Gasteiger partial charge < -0.3 is 0 Å². The van der Waals surface area contributed by atoms with Gasteiger partial charge in [0.15, 0.2) is 0 Å². The molecule has 0 aromatic carbocycles. The van der Waals surface area contributed by atoms with Gasteiger partial charge in [-0.2, -0.15) is 0 Å². The van der Waals surface area contributed by atoms with Gasteiger partial charge >= 0.3 is 0 Å². The van der Waals surface area contributed by atoms with Crippen LogP contribution in [0.5, 0.6) is 0 Å². The zero-order chi connectivity index (χ0) is 16.8. The molecule has 5 unspecified atom stereocenters. The third kappa shape index (κ3) is 5.95. The smallest absolute Gasteiger partial charge is 0.0300 e. The van der Waals surface area contributed by atoms with E-state index in [0.29, 0.717) is 5.41 Å². The Morgan fingerprint density at radius 3 is 1.76 bits per heavy atom. The summed E-state index contributed by atoms with van der Waals surface area (Å²) in [7, 11) is 0. The molecule has 0 aliphatic rings. The van der Waals surface area contributed by atoms with Crippen LogP contribution in [0.4, 0.5) is 0 Å². The van der Waals surface area contributed by atoms with Crippen molar-refractivity contribution in [1.29, 1.82) is 0 Å². The second-order valence-corrected chi connectivity index (χ2v) is 8.78. The first-order valence-electron chi connectivity index (χ1n) is 9.59. The van der Waals surface area contributed by atoms with Gasteiger partial charge in [0.2, 0.25) is 0 Å². The van der Waals surface area contributed by atoms with Gasteiger partial charge in [-0.25, -0.2) is 0 Å². The molecular weight excluding hydrogens is 252 g/mol. The summed E-state index contributed by atoms with van der Waals surface area (Å²) in [5.74, 6) is 4.98. The fourth-order valence-corrected chi connectivity index (χ4v) is 4.06. The van der Waals surface area contributed by atoms with Gasteiger partial charge in [-0.3, -0.25) is 0 Å². The predicted molar refractivity (Wildman–Crippen MR) is 98.6 cm³/mol. The van der Waals surface area contributed by atoms with Gasteiger partial charge in [-0.1, -0.05) is 88.5 Å². The third-order valence-corrected chi connectivity index (χ3v) is 6.99. The quantitative estimate of drug-likeness (QED) is 0.393. The molecule has 0 aromatic rings. The maximum Gasteiger partial charge on any atom is -0.0300 e. The highest BCUT2D eigenvalue weighted by Gasteiger charge is 2.35. The molecule has 0 aliphatic heterocycles. The van der Waals surface area contributed by atoms with E-state index in [2.05, 4.69) is 69.2 Å². The highest BCUT2D eigenvalue weighted by atomic mass is 14.4. The minimum absolute atomic E-state index is 0.439. The molecule has 0 heterocycles. The molecular formula is C21H44. The molecule has 0 heteroatoms. The second-order valence-electron chi connectivity index (χ2n) is 8.78. The normalized spacial score (nSPS) is 20.1. The molecule has 0 aromatic heterocycles. The van der Waals surface area contributed by atoms with Crippen molar-refractivity contribution in [2.24, 2.45) is 40.9 Å². The molecule has 21 heavy (non-hydrogen) atoms. The Morgan fingerprint density at radius 2 is 1.38 bits per heavy atom. The molecule has 128 valence electrons. The molecule has 0 aliphatic carbocycles. The van der Waals surface area contributed by atoms with Crippen LogP contribution in [0.3, 0.4) is 0 Å². The molecule has 0 bridgehead atoms. The zero-order valence-corrected chi connectivity index (χ0v) is 16.8. The maximum atomic E-state index is 2.50. The summed E-state index contributed by atoms with van der Waals surface area (Å²) in [6, 6.07) is 0. The number of hydrogen-bond donors (Lipinski definition) is 0. The summed E-state index contributed by atoms with van der Waals surface area (Å²) < 4.78 is 0. The molecule has 0 radical (unpaired) electrons. The van der Waals surface area contributed by atoms with Crippen LogP contribution in [0, 0.1) is 40.9 Å². The Labute approximate surface area is 136 Å². The second kappa shape index (κ2) is 9.21. The van der Waals surface area contributed by atoms with E-state index in [1.54, 1.807) is 0 Å². The van der Waals surface area contributed by atoms with Crippen LogP contribution >= 0.6 is 0 Å². The first-order valence-corrected chi connectivity index (χ1v) is 9.59. The van der Waals surface area contributed by atoms with E-state index in [1.165, 1.54) is 25.7 Å². The van der Waals surface area contributed by atoms with E-state index >= 15 is 0 Å². The monoisotopic (exact) mass is 296 g/mol. The summed E-state index contributed by atoms with van der Waals surface area (Å²) in [5.41, 5.74) is 0.439. The lowest BCUT2D eigenvalue weighted by molar-refractivity contribution is 0.0733. The SMILES string of the molecule is CCCC(CC)C(C)C(C)CC(C)C(C)(C)C(C)C(C)C. The maximum absolute atomic E-state index is 2.50. The van der Waals surface area contributed by atoms with Crippen LogP contribution < -0.4 is 0 Å². The van der Waals surface area contributed by atoms with Crippen molar-refractivity contribution in [3.8, 4) is 0 Å². The van der Waals surface area contributed by atoms with Crippen molar-refractivity contribution in [2.75, 3.05) is 0 Å². The van der Waals surface area contributed by atoms with Gasteiger partial charge in [0.1, 0.15) is 0 Å². The molecule has 5 atom stereocenters. The molecule has 0 N–H and O–H groups in total. The van der Waals surface area contributed by atoms with Crippen LogP contribution in [-0.4, -0.2) is 0 Å². The summed E-state index contributed by atoms with van der Waals surface area (Å²) >= 11 is 0. The van der Waals surface area contributed by atoms with E-state index in [0.717, 1.165) is 35.5 Å². The van der Waals surface area contributed by atoms with Gasteiger partial charge in [-0.05, 0) is 47.3 Å². The van der Waals surface area contributed by atoms with E-state index in [4.69, 9.17) is 0 Å². The van der Waals surface area contributed by atoms with Crippen LogP contribution in [0.15, 0.2) is 0 Å². The van der Waals surface area contributed by atoms with Gasteiger partial charge in [0.25, 0.3) is 0 Å². The van der Waals surface area contributed by atoms with Crippen molar-refractivity contribution >= 4 is 0 Å². The molecule has 0 saturated carbocycles. The Balaban J connectivity index is 4.71.